The van der Waals surface area contributed by atoms with Crippen LogP contribution in [0, 0.1) is 6.92 Å². The topological polar surface area (TPSA) is 73.1 Å². The van der Waals surface area contributed by atoms with Gasteiger partial charge in [-0.3, -0.25) is 4.79 Å². The Balaban J connectivity index is 2.48. The van der Waals surface area contributed by atoms with E-state index in [9.17, 15) is 28.2 Å². The number of hydrogen-bond acceptors (Lipinski definition) is 4. The van der Waals surface area contributed by atoms with E-state index in [1.807, 2.05) is 0 Å². The Bertz CT molecular complexity index is 658. The average molecular weight is 330 g/mol. The molecule has 23 heavy (non-hydrogen) atoms. The van der Waals surface area contributed by atoms with Gasteiger partial charge in [0.2, 0.25) is 0 Å². The number of carbonyl (C=O) groups excluding carboxylic acids is 1. The van der Waals surface area contributed by atoms with Gasteiger partial charge in [0.05, 0.1) is 5.56 Å². The van der Waals surface area contributed by atoms with E-state index < -0.39 is 30.0 Å². The number of phenolic OH excluding ortho intramolecular Hbond substituents is 1. The summed E-state index contributed by atoms with van der Waals surface area (Å²) in [7, 11) is 0. The van der Waals surface area contributed by atoms with Crippen molar-refractivity contribution in [3.63, 3.8) is 0 Å². The Labute approximate surface area is 131 Å². The molecule has 1 aliphatic rings. The Morgan fingerprint density at radius 1 is 1.43 bits per heavy atom. The predicted molar refractivity (Wildman–Crippen MR) is 77.0 cm³/mol. The van der Waals surface area contributed by atoms with Crippen LogP contribution in [0.3, 0.4) is 0 Å². The molecule has 0 aromatic heterocycles. The van der Waals surface area contributed by atoms with Gasteiger partial charge in [-0.05, 0) is 25.0 Å². The first-order valence-corrected chi connectivity index (χ1v) is 7.10. The van der Waals surface area contributed by atoms with E-state index in [2.05, 4.69) is 5.10 Å². The van der Waals surface area contributed by atoms with Crippen LogP contribution in [0.1, 0.15) is 42.1 Å². The summed E-state index contributed by atoms with van der Waals surface area (Å²) >= 11 is 0. The summed E-state index contributed by atoms with van der Waals surface area (Å²) in [4.78, 5) is 12.4. The van der Waals surface area contributed by atoms with Crippen molar-refractivity contribution in [1.29, 1.82) is 0 Å². The molecule has 0 saturated carbocycles. The maximum atomic E-state index is 13.3. The van der Waals surface area contributed by atoms with Gasteiger partial charge in [0.25, 0.3) is 11.6 Å². The van der Waals surface area contributed by atoms with Crippen LogP contribution in [0.15, 0.2) is 23.3 Å². The molecule has 1 unspecified atom stereocenters. The lowest BCUT2D eigenvalue weighted by atomic mass is 10.0. The highest BCUT2D eigenvalue weighted by Crippen LogP contribution is 2.42. The highest BCUT2D eigenvalue weighted by molar-refractivity contribution is 6.00. The summed E-state index contributed by atoms with van der Waals surface area (Å²) in [6.45, 7) is 3.27. The summed E-state index contributed by atoms with van der Waals surface area (Å²) < 4.78 is 39.9. The fraction of sp³-hybridized carbons (Fsp3) is 0.467. The minimum atomic E-state index is -5.07. The van der Waals surface area contributed by atoms with E-state index in [1.165, 1.54) is 25.1 Å². The zero-order valence-electron chi connectivity index (χ0n) is 12.7. The summed E-state index contributed by atoms with van der Waals surface area (Å²) in [6.07, 6.45) is -5.09. The van der Waals surface area contributed by atoms with Gasteiger partial charge in [0, 0.05) is 12.1 Å². The number of benzene rings is 1. The number of hydrazone groups is 1. The molecule has 1 heterocycles. The molecule has 0 saturated heterocycles. The number of hydrogen-bond donors (Lipinski definition) is 2. The number of nitrogens with zero attached hydrogens (tertiary/aromatic N) is 2. The van der Waals surface area contributed by atoms with Crippen molar-refractivity contribution >= 4 is 11.6 Å². The molecule has 0 spiro atoms. The van der Waals surface area contributed by atoms with E-state index in [0.29, 0.717) is 12.0 Å². The van der Waals surface area contributed by atoms with E-state index in [0.717, 1.165) is 0 Å². The van der Waals surface area contributed by atoms with Crippen LogP contribution < -0.4 is 0 Å². The first kappa shape index (κ1) is 17.3. The van der Waals surface area contributed by atoms with Crippen LogP contribution in [0.5, 0.6) is 5.75 Å². The van der Waals surface area contributed by atoms with Gasteiger partial charge in [-0.15, -0.1) is 0 Å². The lowest BCUT2D eigenvalue weighted by Crippen LogP contribution is -2.56. The van der Waals surface area contributed by atoms with E-state index in [-0.39, 0.29) is 22.7 Å². The zero-order chi connectivity index (χ0) is 17.4. The second kappa shape index (κ2) is 5.84. The van der Waals surface area contributed by atoms with Crippen LogP contribution in [-0.2, 0) is 0 Å². The van der Waals surface area contributed by atoms with Gasteiger partial charge in [-0.25, -0.2) is 0 Å². The largest absolute Gasteiger partial charge is 0.507 e. The number of halogens is 3. The molecule has 0 fully saturated rings. The van der Waals surface area contributed by atoms with Gasteiger partial charge in [-0.1, -0.05) is 25.5 Å². The third kappa shape index (κ3) is 2.90. The molecular formula is C15H17F3N2O3. The SMILES string of the molecule is CCCC1=NN(C(=O)c2cccc(C)c2O)C(O)(C(F)(F)F)C1. The molecule has 8 heteroatoms. The van der Waals surface area contributed by atoms with Crippen LogP contribution in [0.25, 0.3) is 0 Å². The van der Waals surface area contributed by atoms with Crippen molar-refractivity contribution in [2.45, 2.75) is 45.0 Å². The molecule has 5 nitrogen and oxygen atoms in total. The predicted octanol–water partition coefficient (Wildman–Crippen LogP) is 2.95. The van der Waals surface area contributed by atoms with Gasteiger partial charge < -0.3 is 10.2 Å². The molecule has 1 aromatic carbocycles. The van der Waals surface area contributed by atoms with Crippen LogP contribution >= 0.6 is 0 Å². The lowest BCUT2D eigenvalue weighted by Gasteiger charge is -2.32. The summed E-state index contributed by atoms with van der Waals surface area (Å²) in [5, 5.41) is 23.7. The van der Waals surface area contributed by atoms with Gasteiger partial charge in [-0.2, -0.15) is 23.3 Å². The van der Waals surface area contributed by atoms with Crippen molar-refractivity contribution in [2.75, 3.05) is 0 Å². The monoisotopic (exact) mass is 330 g/mol. The van der Waals surface area contributed by atoms with E-state index in [4.69, 9.17) is 0 Å². The first-order chi connectivity index (χ1) is 10.6. The standard InChI is InChI=1S/C15H17F3N2O3/c1-3-5-10-8-14(23,15(16,17)18)20(19-10)13(22)11-7-4-6-9(2)12(11)21/h4,6-7,21,23H,3,5,8H2,1-2H3. The van der Waals surface area contributed by atoms with E-state index in [1.54, 1.807) is 6.92 Å². The number of carbonyl (C=O) groups is 1. The number of alkyl halides is 3. The summed E-state index contributed by atoms with van der Waals surface area (Å²) in [5.74, 6) is -1.63. The molecule has 1 atom stereocenters. The zero-order valence-corrected chi connectivity index (χ0v) is 12.7. The Kier molecular flexibility index (Phi) is 4.39. The Morgan fingerprint density at radius 2 is 2.09 bits per heavy atom. The minimum absolute atomic E-state index is 0.0342. The number of aromatic hydroxyl groups is 1. The third-order valence-corrected chi connectivity index (χ3v) is 3.70. The number of aryl methyl sites for hydroxylation is 1. The van der Waals surface area contributed by atoms with Gasteiger partial charge in [0.1, 0.15) is 5.75 Å². The normalized spacial score (nSPS) is 21.5. The Morgan fingerprint density at radius 3 is 2.65 bits per heavy atom. The lowest BCUT2D eigenvalue weighted by molar-refractivity contribution is -0.297. The number of rotatable bonds is 3. The number of phenols is 1. The van der Waals surface area contributed by atoms with Crippen molar-refractivity contribution < 1.29 is 28.2 Å². The molecule has 1 amide bonds. The van der Waals surface area contributed by atoms with Crippen molar-refractivity contribution in [2.24, 2.45) is 5.10 Å². The maximum Gasteiger partial charge on any atom is 0.438 e. The van der Waals surface area contributed by atoms with Crippen LogP contribution in [-0.4, -0.2) is 38.7 Å². The maximum absolute atomic E-state index is 13.3. The second-order valence-corrected chi connectivity index (χ2v) is 5.50. The molecule has 0 bridgehead atoms. The second-order valence-electron chi connectivity index (χ2n) is 5.50. The highest BCUT2D eigenvalue weighted by atomic mass is 19.4. The van der Waals surface area contributed by atoms with Crippen molar-refractivity contribution in [1.82, 2.24) is 5.01 Å². The molecule has 1 aliphatic heterocycles. The molecular weight excluding hydrogens is 313 g/mol. The molecule has 126 valence electrons. The minimum Gasteiger partial charge on any atom is -0.507 e. The van der Waals surface area contributed by atoms with Crippen molar-refractivity contribution in [3.05, 3.63) is 29.3 Å². The molecule has 2 N–H and O–H groups in total. The first-order valence-electron chi connectivity index (χ1n) is 7.10. The third-order valence-electron chi connectivity index (χ3n) is 3.70. The number of aliphatic hydroxyl groups is 1. The van der Waals surface area contributed by atoms with Gasteiger partial charge >= 0.3 is 6.18 Å². The smallest absolute Gasteiger partial charge is 0.438 e. The molecule has 1 aromatic rings. The summed E-state index contributed by atoms with van der Waals surface area (Å²) in [5.41, 5.74) is -3.31. The average Bonchev–Trinajstić information content (AvgIpc) is 2.79. The fourth-order valence-electron chi connectivity index (χ4n) is 2.43. The fourth-order valence-corrected chi connectivity index (χ4v) is 2.43. The quantitative estimate of drug-likeness (QED) is 0.895. The van der Waals surface area contributed by atoms with E-state index >= 15 is 0 Å². The van der Waals surface area contributed by atoms with Crippen molar-refractivity contribution in [3.8, 4) is 5.75 Å². The van der Waals surface area contributed by atoms with Crippen LogP contribution in [0.2, 0.25) is 0 Å². The molecule has 2 rings (SSSR count). The summed E-state index contributed by atoms with van der Waals surface area (Å²) in [6, 6.07) is 4.13. The van der Waals surface area contributed by atoms with Gasteiger partial charge in [0.15, 0.2) is 0 Å². The highest BCUT2D eigenvalue weighted by Gasteiger charge is 2.63. The molecule has 0 aliphatic carbocycles. The molecule has 0 radical (unpaired) electrons. The number of amides is 1. The van der Waals surface area contributed by atoms with Crippen LogP contribution in [0.4, 0.5) is 13.2 Å². The number of para-hydroxylation sites is 1. The Hall–Kier alpha value is -2.09.